The lowest BCUT2D eigenvalue weighted by atomic mass is 10.3. The summed E-state index contributed by atoms with van der Waals surface area (Å²) in [4.78, 5) is 17.6. The van der Waals surface area contributed by atoms with Crippen molar-refractivity contribution in [2.24, 2.45) is 0 Å². The van der Waals surface area contributed by atoms with Gasteiger partial charge >= 0.3 is 5.69 Å². The zero-order chi connectivity index (χ0) is 13.1. The van der Waals surface area contributed by atoms with Gasteiger partial charge in [0, 0.05) is 6.20 Å². The second-order valence-corrected chi connectivity index (χ2v) is 3.16. The van der Waals surface area contributed by atoms with Crippen molar-refractivity contribution < 1.29 is 4.92 Å². The maximum atomic E-state index is 10.9. The molecule has 0 aromatic carbocycles. The van der Waals surface area contributed by atoms with Crippen molar-refractivity contribution in [3.63, 3.8) is 0 Å². The Morgan fingerprint density at radius 3 is 2.78 bits per heavy atom. The van der Waals surface area contributed by atoms with Crippen molar-refractivity contribution in [3.05, 3.63) is 46.3 Å². The van der Waals surface area contributed by atoms with E-state index < -0.39 is 4.92 Å². The summed E-state index contributed by atoms with van der Waals surface area (Å²) >= 11 is 0. The Morgan fingerprint density at radius 1 is 1.39 bits per heavy atom. The normalized spacial score (nSPS) is 9.44. The Balaban J connectivity index is 2.72. The number of nitro groups is 1. The molecule has 0 fully saturated rings. The van der Waals surface area contributed by atoms with Crippen molar-refractivity contribution in [1.82, 2.24) is 14.5 Å². The number of pyridine rings is 1. The predicted octanol–water partition coefficient (Wildman–Crippen LogP) is 0.919. The molecule has 2 heterocycles. The predicted molar refractivity (Wildman–Crippen MR) is 57.4 cm³/mol. The summed E-state index contributed by atoms with van der Waals surface area (Å²) in [7, 11) is 0. The molecule has 0 aliphatic carbocycles. The van der Waals surface area contributed by atoms with Crippen LogP contribution in [0.2, 0.25) is 0 Å². The molecule has 2 aromatic heterocycles. The van der Waals surface area contributed by atoms with Crippen LogP contribution in [0.15, 0.2) is 24.8 Å². The summed E-state index contributed by atoms with van der Waals surface area (Å²) in [5, 5.41) is 28.6. The van der Waals surface area contributed by atoms with Crippen LogP contribution >= 0.6 is 0 Å². The molecule has 0 unspecified atom stereocenters. The molecule has 2 rings (SSSR count). The van der Waals surface area contributed by atoms with Gasteiger partial charge in [-0.3, -0.25) is 19.7 Å². The number of nitrogens with zero attached hydrogens (tertiary/aromatic N) is 6. The van der Waals surface area contributed by atoms with Gasteiger partial charge in [0.05, 0.1) is 4.92 Å². The van der Waals surface area contributed by atoms with Crippen molar-refractivity contribution in [2.45, 2.75) is 0 Å². The first-order valence-electron chi connectivity index (χ1n) is 4.65. The van der Waals surface area contributed by atoms with Gasteiger partial charge in [-0.1, -0.05) is 0 Å². The lowest BCUT2D eigenvalue weighted by molar-refractivity contribution is -0.384. The molecule has 18 heavy (non-hydrogen) atoms. The third kappa shape index (κ3) is 1.64. The lowest BCUT2D eigenvalue weighted by Gasteiger charge is -2.03. The van der Waals surface area contributed by atoms with Crippen LogP contribution in [0.1, 0.15) is 11.4 Å². The largest absolute Gasteiger partial charge is 0.311 e. The second kappa shape index (κ2) is 4.31. The van der Waals surface area contributed by atoms with E-state index >= 15 is 0 Å². The molecule has 8 nitrogen and oxygen atoms in total. The average molecular weight is 240 g/mol. The highest BCUT2D eigenvalue weighted by atomic mass is 16.6. The van der Waals surface area contributed by atoms with Crippen molar-refractivity contribution in [1.29, 1.82) is 10.5 Å². The Labute approximate surface area is 101 Å². The van der Waals surface area contributed by atoms with E-state index in [1.807, 2.05) is 0 Å². The monoisotopic (exact) mass is 240 g/mol. The van der Waals surface area contributed by atoms with E-state index in [1.54, 1.807) is 12.1 Å². The molecule has 0 atom stereocenters. The van der Waals surface area contributed by atoms with Crippen LogP contribution in [-0.4, -0.2) is 19.5 Å². The van der Waals surface area contributed by atoms with E-state index in [9.17, 15) is 10.1 Å². The molecule has 0 aliphatic heterocycles. The summed E-state index contributed by atoms with van der Waals surface area (Å²) < 4.78 is 1.19. The quantitative estimate of drug-likeness (QED) is 0.568. The highest BCUT2D eigenvalue weighted by Gasteiger charge is 2.19. The molecule has 0 saturated heterocycles. The molecule has 86 valence electrons. The van der Waals surface area contributed by atoms with Gasteiger partial charge in [-0.15, -0.1) is 0 Å². The molecule has 0 saturated carbocycles. The standard InChI is InChI=1S/C10H4N6O2/c11-3-7-9(4-12)15(6-14-7)8-1-2-13-5-10(8)16(17)18/h1-2,5-6H. The second-order valence-electron chi connectivity index (χ2n) is 3.16. The van der Waals surface area contributed by atoms with E-state index in [4.69, 9.17) is 10.5 Å². The average Bonchev–Trinajstić information content (AvgIpc) is 2.81. The minimum Gasteiger partial charge on any atom is -0.283 e. The summed E-state index contributed by atoms with van der Waals surface area (Å²) in [5.74, 6) is 0. The van der Waals surface area contributed by atoms with Crippen LogP contribution in [0.5, 0.6) is 0 Å². The van der Waals surface area contributed by atoms with Crippen LogP contribution in [0.25, 0.3) is 5.69 Å². The summed E-state index contributed by atoms with van der Waals surface area (Å²) in [6.45, 7) is 0. The Kier molecular flexibility index (Phi) is 2.69. The number of hydrogen-bond acceptors (Lipinski definition) is 6. The minimum absolute atomic E-state index is 0.0493. The van der Waals surface area contributed by atoms with Gasteiger partial charge in [0.15, 0.2) is 11.4 Å². The van der Waals surface area contributed by atoms with Crippen LogP contribution in [0.4, 0.5) is 5.69 Å². The van der Waals surface area contributed by atoms with Gasteiger partial charge in [-0.2, -0.15) is 10.5 Å². The number of imidazole rings is 1. The van der Waals surface area contributed by atoms with E-state index in [2.05, 4.69) is 9.97 Å². The van der Waals surface area contributed by atoms with Gasteiger partial charge in [0.2, 0.25) is 0 Å². The highest BCUT2D eigenvalue weighted by Crippen LogP contribution is 2.23. The zero-order valence-electron chi connectivity index (χ0n) is 8.81. The van der Waals surface area contributed by atoms with Gasteiger partial charge in [-0.25, -0.2) is 4.98 Å². The zero-order valence-corrected chi connectivity index (χ0v) is 8.81. The molecule has 0 N–H and O–H groups in total. The third-order valence-corrected chi connectivity index (χ3v) is 2.21. The number of nitriles is 2. The minimum atomic E-state index is -0.616. The van der Waals surface area contributed by atoms with Gasteiger partial charge < -0.3 is 0 Å². The lowest BCUT2D eigenvalue weighted by Crippen LogP contribution is -2.02. The molecule has 0 amide bonds. The Morgan fingerprint density at radius 2 is 2.17 bits per heavy atom. The molecular weight excluding hydrogens is 236 g/mol. The molecule has 0 bridgehead atoms. The fraction of sp³-hybridized carbons (Fsp3) is 0. The summed E-state index contributed by atoms with van der Waals surface area (Å²) in [5.41, 5.74) is -0.258. The molecular formula is C10H4N6O2. The Bertz CT molecular complexity index is 706. The molecule has 8 heteroatoms. The molecule has 2 aromatic rings. The topological polar surface area (TPSA) is 121 Å². The fourth-order valence-electron chi connectivity index (χ4n) is 1.44. The number of hydrogen-bond donors (Lipinski definition) is 0. The number of aromatic nitrogens is 3. The van der Waals surface area contributed by atoms with Gasteiger partial charge in [0.25, 0.3) is 0 Å². The van der Waals surface area contributed by atoms with E-state index in [1.165, 1.54) is 23.2 Å². The summed E-state index contributed by atoms with van der Waals surface area (Å²) in [6.07, 6.45) is 3.62. The number of rotatable bonds is 2. The van der Waals surface area contributed by atoms with Gasteiger partial charge in [0.1, 0.15) is 30.3 Å². The van der Waals surface area contributed by atoms with Gasteiger partial charge in [-0.05, 0) is 6.07 Å². The smallest absolute Gasteiger partial charge is 0.283 e. The molecule has 0 radical (unpaired) electrons. The Hall–Kier alpha value is -3.26. The first-order chi connectivity index (χ1) is 8.69. The van der Waals surface area contributed by atoms with Crippen molar-refractivity contribution in [2.75, 3.05) is 0 Å². The molecule has 0 aliphatic rings. The van der Waals surface area contributed by atoms with Crippen LogP contribution < -0.4 is 0 Å². The van der Waals surface area contributed by atoms with Crippen LogP contribution in [0, 0.1) is 32.8 Å². The van der Waals surface area contributed by atoms with Crippen LogP contribution in [0.3, 0.4) is 0 Å². The fourth-order valence-corrected chi connectivity index (χ4v) is 1.44. The third-order valence-electron chi connectivity index (χ3n) is 2.21. The first-order valence-corrected chi connectivity index (χ1v) is 4.65. The maximum Gasteiger partial charge on any atom is 0.311 e. The molecule has 0 spiro atoms. The van der Waals surface area contributed by atoms with E-state index in [0.29, 0.717) is 0 Å². The highest BCUT2D eigenvalue weighted by molar-refractivity contribution is 5.54. The van der Waals surface area contributed by atoms with Crippen LogP contribution in [-0.2, 0) is 0 Å². The van der Waals surface area contributed by atoms with Crippen molar-refractivity contribution >= 4 is 5.69 Å². The SMILES string of the molecule is N#Cc1ncn(-c2ccncc2[N+](=O)[O-])c1C#N. The van der Waals surface area contributed by atoms with E-state index in [-0.39, 0.29) is 22.8 Å². The maximum absolute atomic E-state index is 10.9. The van der Waals surface area contributed by atoms with Crippen molar-refractivity contribution in [3.8, 4) is 17.8 Å². The van der Waals surface area contributed by atoms with E-state index in [0.717, 1.165) is 6.20 Å². The first kappa shape index (κ1) is 11.2. The summed E-state index contributed by atoms with van der Waals surface area (Å²) in [6, 6.07) is 4.92.